The van der Waals surface area contributed by atoms with Crippen molar-refractivity contribution in [2.75, 3.05) is 7.11 Å². The molecule has 1 aromatic carbocycles. The largest absolute Gasteiger partial charge is 0.503 e. The molecule has 0 radical (unpaired) electrons. The van der Waals surface area contributed by atoms with Gasteiger partial charge in [-0.05, 0) is 37.6 Å². The number of ether oxygens (including phenoxy) is 1. The average Bonchev–Trinajstić information content (AvgIpc) is 2.95. The number of methoxy groups -OCH3 is 1. The predicted octanol–water partition coefficient (Wildman–Crippen LogP) is 3.41. The Kier molecular flexibility index (Phi) is 2.61. The zero-order valence-corrected chi connectivity index (χ0v) is 13.0. The second-order valence-corrected chi connectivity index (χ2v) is 6.21. The van der Waals surface area contributed by atoms with Crippen molar-refractivity contribution in [3.05, 3.63) is 53.0 Å². The fourth-order valence-electron chi connectivity index (χ4n) is 3.29. The molecular weight excluding hydrogens is 294 g/mol. The smallest absolute Gasteiger partial charge is 0.197 e. The Balaban J connectivity index is 2.10. The lowest BCUT2D eigenvalue weighted by molar-refractivity contribution is 0.102. The molecule has 0 aliphatic heterocycles. The van der Waals surface area contributed by atoms with Gasteiger partial charge in [0.25, 0.3) is 0 Å². The van der Waals surface area contributed by atoms with Crippen LogP contribution < -0.4 is 4.74 Å². The maximum absolute atomic E-state index is 13.0. The molecule has 2 aromatic heterocycles. The van der Waals surface area contributed by atoms with Crippen LogP contribution in [0.2, 0.25) is 0 Å². The summed E-state index contributed by atoms with van der Waals surface area (Å²) < 4.78 is 11.2. The molecule has 0 bridgehead atoms. The number of ketones is 1. The zero-order chi connectivity index (χ0) is 16.4. The Labute approximate surface area is 132 Å². The predicted molar refractivity (Wildman–Crippen MR) is 84.2 cm³/mol. The molecule has 0 fully saturated rings. The molecule has 0 spiro atoms. The Hall–Kier alpha value is -2.82. The molecule has 5 nitrogen and oxygen atoms in total. The molecule has 0 unspecified atom stereocenters. The number of hydrogen-bond donors (Lipinski definition) is 1. The maximum Gasteiger partial charge on any atom is 0.197 e. The van der Waals surface area contributed by atoms with Gasteiger partial charge < -0.3 is 14.3 Å². The van der Waals surface area contributed by atoms with Crippen molar-refractivity contribution < 1.29 is 19.1 Å². The maximum atomic E-state index is 13.0. The number of carbonyl (C=O) groups is 1. The number of hydrogen-bond acceptors (Lipinski definition) is 5. The third-order valence-electron chi connectivity index (χ3n) is 4.52. The van der Waals surface area contributed by atoms with Crippen molar-refractivity contribution in [2.45, 2.75) is 19.3 Å². The highest BCUT2D eigenvalue weighted by Gasteiger charge is 2.42. The van der Waals surface area contributed by atoms with Crippen molar-refractivity contribution in [3.63, 3.8) is 0 Å². The number of fused-ring (bicyclic) bond motifs is 4. The van der Waals surface area contributed by atoms with E-state index < -0.39 is 5.41 Å². The number of rotatable bonds is 1. The lowest BCUT2D eigenvalue weighted by Gasteiger charge is -2.30. The van der Waals surface area contributed by atoms with Crippen LogP contribution in [0.1, 0.15) is 41.1 Å². The lowest BCUT2D eigenvalue weighted by Crippen LogP contribution is -2.29. The van der Waals surface area contributed by atoms with Crippen LogP contribution in [0.4, 0.5) is 0 Å². The molecule has 4 rings (SSSR count). The van der Waals surface area contributed by atoms with Crippen LogP contribution in [-0.4, -0.2) is 23.0 Å². The minimum absolute atomic E-state index is 0.0675. The number of benzene rings is 1. The molecule has 0 atom stereocenters. The van der Waals surface area contributed by atoms with E-state index in [0.29, 0.717) is 33.6 Å². The van der Waals surface area contributed by atoms with E-state index in [0.717, 1.165) is 5.56 Å². The van der Waals surface area contributed by atoms with Gasteiger partial charge in [-0.25, -0.2) is 0 Å². The van der Waals surface area contributed by atoms with Crippen molar-refractivity contribution in [1.29, 1.82) is 0 Å². The van der Waals surface area contributed by atoms with Gasteiger partial charge in [-0.15, -0.1) is 0 Å². The van der Waals surface area contributed by atoms with E-state index in [1.807, 2.05) is 19.9 Å². The summed E-state index contributed by atoms with van der Waals surface area (Å²) in [5.41, 5.74) is 1.71. The summed E-state index contributed by atoms with van der Waals surface area (Å²) in [5, 5.41) is 10.5. The Morgan fingerprint density at radius 3 is 2.78 bits per heavy atom. The van der Waals surface area contributed by atoms with E-state index >= 15 is 0 Å². The monoisotopic (exact) mass is 309 g/mol. The van der Waals surface area contributed by atoms with E-state index in [-0.39, 0.29) is 11.5 Å². The van der Waals surface area contributed by atoms with E-state index in [9.17, 15) is 9.90 Å². The first kappa shape index (κ1) is 13.8. The zero-order valence-electron chi connectivity index (χ0n) is 13.0. The first-order chi connectivity index (χ1) is 10.9. The van der Waals surface area contributed by atoms with Crippen LogP contribution in [0.3, 0.4) is 0 Å². The Bertz CT molecular complexity index is 969. The summed E-state index contributed by atoms with van der Waals surface area (Å²) in [6.45, 7) is 3.98. The van der Waals surface area contributed by atoms with Gasteiger partial charge in [-0.3, -0.25) is 9.78 Å². The van der Waals surface area contributed by atoms with Crippen LogP contribution in [0.15, 0.2) is 35.0 Å². The average molecular weight is 309 g/mol. The second-order valence-electron chi connectivity index (χ2n) is 6.21. The van der Waals surface area contributed by atoms with Gasteiger partial charge in [0.2, 0.25) is 0 Å². The van der Waals surface area contributed by atoms with Gasteiger partial charge >= 0.3 is 0 Å². The topological polar surface area (TPSA) is 72.6 Å². The molecule has 0 saturated heterocycles. The molecule has 1 N–H and O–H groups in total. The van der Waals surface area contributed by atoms with Crippen LogP contribution in [-0.2, 0) is 5.41 Å². The van der Waals surface area contributed by atoms with E-state index in [2.05, 4.69) is 4.98 Å². The summed E-state index contributed by atoms with van der Waals surface area (Å²) in [5.74, 6) is 1.04. The molecule has 116 valence electrons. The molecule has 23 heavy (non-hydrogen) atoms. The number of carbonyl (C=O) groups excluding carboxylic acids is 1. The van der Waals surface area contributed by atoms with Crippen LogP contribution in [0.5, 0.6) is 11.5 Å². The highest BCUT2D eigenvalue weighted by Crippen LogP contribution is 2.47. The molecular formula is C18H15NO4. The van der Waals surface area contributed by atoms with E-state index in [4.69, 9.17) is 9.15 Å². The SMILES string of the molecule is COc1ccc2c(c1)C(C)(C)c1oc3c(O)cncc3c1C2=O. The number of furan rings is 1. The van der Waals surface area contributed by atoms with E-state index in [1.165, 1.54) is 6.20 Å². The summed E-state index contributed by atoms with van der Waals surface area (Å²) in [7, 11) is 1.59. The summed E-state index contributed by atoms with van der Waals surface area (Å²) in [4.78, 5) is 16.9. The van der Waals surface area contributed by atoms with E-state index in [1.54, 1.807) is 25.4 Å². The summed E-state index contributed by atoms with van der Waals surface area (Å²) in [6.07, 6.45) is 2.87. The molecule has 2 heterocycles. The summed E-state index contributed by atoms with van der Waals surface area (Å²) in [6, 6.07) is 5.41. The van der Waals surface area contributed by atoms with Crippen LogP contribution in [0.25, 0.3) is 11.0 Å². The van der Waals surface area contributed by atoms with Gasteiger partial charge in [-0.1, -0.05) is 0 Å². The Morgan fingerprint density at radius 1 is 1.26 bits per heavy atom. The molecule has 1 aliphatic rings. The molecule has 1 aliphatic carbocycles. The lowest BCUT2D eigenvalue weighted by atomic mass is 9.72. The van der Waals surface area contributed by atoms with Crippen molar-refractivity contribution in [3.8, 4) is 11.5 Å². The number of aromatic nitrogens is 1. The third-order valence-corrected chi connectivity index (χ3v) is 4.52. The molecule has 0 amide bonds. The normalized spacial score (nSPS) is 15.3. The van der Waals surface area contributed by atoms with Gasteiger partial charge in [0.1, 0.15) is 11.5 Å². The summed E-state index contributed by atoms with van der Waals surface area (Å²) >= 11 is 0. The van der Waals surface area contributed by atoms with Crippen molar-refractivity contribution >= 4 is 16.8 Å². The molecule has 5 heteroatoms. The fraction of sp³-hybridized carbons (Fsp3) is 0.222. The minimum Gasteiger partial charge on any atom is -0.503 e. The third kappa shape index (κ3) is 1.67. The highest BCUT2D eigenvalue weighted by atomic mass is 16.5. The standard InChI is InChI=1S/C18H15NO4/c1-18(2)12-6-9(22-3)4-5-10(12)15(21)14-11-7-19-8-13(20)16(11)23-17(14)18/h4-8,20H,1-3H3. The first-order valence-corrected chi connectivity index (χ1v) is 7.28. The minimum atomic E-state index is -0.529. The van der Waals surface area contributed by atoms with Crippen molar-refractivity contribution in [1.82, 2.24) is 4.98 Å². The number of nitrogens with zero attached hydrogens (tertiary/aromatic N) is 1. The quantitative estimate of drug-likeness (QED) is 0.745. The van der Waals surface area contributed by atoms with Gasteiger partial charge in [0.05, 0.1) is 24.3 Å². The number of pyridine rings is 1. The first-order valence-electron chi connectivity index (χ1n) is 7.28. The van der Waals surface area contributed by atoms with Gasteiger partial charge in [0.15, 0.2) is 17.1 Å². The fourth-order valence-corrected chi connectivity index (χ4v) is 3.29. The number of aromatic hydroxyl groups is 1. The van der Waals surface area contributed by atoms with Gasteiger partial charge in [-0.2, -0.15) is 0 Å². The Morgan fingerprint density at radius 2 is 2.04 bits per heavy atom. The highest BCUT2D eigenvalue weighted by molar-refractivity contribution is 6.19. The van der Waals surface area contributed by atoms with Crippen LogP contribution in [0, 0.1) is 0 Å². The molecule has 0 saturated carbocycles. The molecule has 3 aromatic rings. The van der Waals surface area contributed by atoms with Gasteiger partial charge in [0, 0.05) is 17.2 Å². The van der Waals surface area contributed by atoms with Crippen molar-refractivity contribution in [2.24, 2.45) is 0 Å². The van der Waals surface area contributed by atoms with Crippen LogP contribution >= 0.6 is 0 Å². The second kappa shape index (κ2) is 4.35.